The first-order chi connectivity index (χ1) is 23.8. The van der Waals surface area contributed by atoms with Crippen LogP contribution in [0.15, 0.2) is 162 Å². The van der Waals surface area contributed by atoms with Crippen molar-refractivity contribution in [2.24, 2.45) is 0 Å². The molecule has 0 aliphatic heterocycles. The van der Waals surface area contributed by atoms with Gasteiger partial charge in [0.1, 0.15) is 5.52 Å². The third kappa shape index (κ3) is 4.43. The molecule has 3 aromatic heterocycles. The Labute approximate surface area is 284 Å². The molecule has 10 aromatic rings. The number of anilines is 3. The SMILES string of the molecule is c1ccc(-c2nc3cc4sc5c(-c6ccc(N(c7ccccc7)c7ccc8sc9ccccc9c8c7)cc6)cccc5c4cc3o2)cc1. The molecule has 0 amide bonds. The van der Waals surface area contributed by atoms with Gasteiger partial charge in [0.2, 0.25) is 5.89 Å². The Balaban J connectivity index is 1.06. The number of fused-ring (bicyclic) bond motifs is 7. The third-order valence-electron chi connectivity index (χ3n) is 9.10. The second kappa shape index (κ2) is 10.9. The molecule has 7 aromatic carbocycles. The van der Waals surface area contributed by atoms with Crippen LogP contribution in [0.25, 0.3) is 74.0 Å². The van der Waals surface area contributed by atoms with E-state index in [-0.39, 0.29) is 0 Å². The van der Waals surface area contributed by atoms with Gasteiger partial charge >= 0.3 is 0 Å². The van der Waals surface area contributed by atoms with Gasteiger partial charge in [0.25, 0.3) is 0 Å². The summed E-state index contributed by atoms with van der Waals surface area (Å²) in [6.45, 7) is 0. The van der Waals surface area contributed by atoms with Gasteiger partial charge in [-0.3, -0.25) is 0 Å². The lowest BCUT2D eigenvalue weighted by Crippen LogP contribution is -2.09. The summed E-state index contributed by atoms with van der Waals surface area (Å²) in [5.41, 5.74) is 8.49. The fourth-order valence-electron chi connectivity index (χ4n) is 6.82. The Kier molecular flexibility index (Phi) is 6.22. The second-order valence-corrected chi connectivity index (χ2v) is 14.1. The fraction of sp³-hybridized carbons (Fsp3) is 0. The minimum Gasteiger partial charge on any atom is -0.436 e. The molecule has 0 spiro atoms. The van der Waals surface area contributed by atoms with Gasteiger partial charge in [0, 0.05) is 63.0 Å². The predicted molar refractivity (Wildman–Crippen MR) is 205 cm³/mol. The Morgan fingerprint density at radius 2 is 1.15 bits per heavy atom. The van der Waals surface area contributed by atoms with Crippen LogP contribution in [-0.4, -0.2) is 4.98 Å². The zero-order chi connectivity index (χ0) is 31.6. The summed E-state index contributed by atoms with van der Waals surface area (Å²) in [7, 11) is 0. The van der Waals surface area contributed by atoms with Gasteiger partial charge in [-0.15, -0.1) is 22.7 Å². The largest absolute Gasteiger partial charge is 0.436 e. The highest BCUT2D eigenvalue weighted by Crippen LogP contribution is 2.44. The molecule has 0 saturated heterocycles. The minimum absolute atomic E-state index is 0.654. The smallest absolute Gasteiger partial charge is 0.227 e. The first-order valence-electron chi connectivity index (χ1n) is 15.9. The van der Waals surface area contributed by atoms with Crippen LogP contribution in [0.3, 0.4) is 0 Å². The standard InChI is InChI=1S/C43H26N2OS2/c1-3-10-28(11-4-1)43-44-37-26-41-36(25-38(37)46-43)34-16-9-15-32(42(34)48-41)27-18-20-30(21-19-27)45(29-12-5-2-6-13-29)31-22-23-40-35(24-31)33-14-7-8-17-39(33)47-40/h1-26H. The normalized spacial score (nSPS) is 11.8. The monoisotopic (exact) mass is 650 g/mol. The van der Waals surface area contributed by atoms with E-state index in [4.69, 9.17) is 9.40 Å². The number of nitrogens with zero attached hydrogens (tertiary/aromatic N) is 2. The van der Waals surface area contributed by atoms with E-state index < -0.39 is 0 Å². The van der Waals surface area contributed by atoms with Crippen molar-refractivity contribution in [3.63, 3.8) is 0 Å². The molecule has 0 saturated carbocycles. The van der Waals surface area contributed by atoms with Crippen LogP contribution in [-0.2, 0) is 0 Å². The van der Waals surface area contributed by atoms with E-state index in [2.05, 4.69) is 132 Å². The topological polar surface area (TPSA) is 29.3 Å². The van der Waals surface area contributed by atoms with E-state index in [1.54, 1.807) is 0 Å². The van der Waals surface area contributed by atoms with Gasteiger partial charge in [-0.1, -0.05) is 84.9 Å². The lowest BCUT2D eigenvalue weighted by atomic mass is 10.0. The maximum absolute atomic E-state index is 6.23. The van der Waals surface area contributed by atoms with Crippen molar-refractivity contribution < 1.29 is 4.42 Å². The number of oxazole rings is 1. The van der Waals surface area contributed by atoms with Crippen LogP contribution in [0.4, 0.5) is 17.1 Å². The minimum atomic E-state index is 0.654. The second-order valence-electron chi connectivity index (χ2n) is 12.0. The van der Waals surface area contributed by atoms with Crippen LogP contribution >= 0.6 is 22.7 Å². The molecule has 3 nitrogen and oxygen atoms in total. The van der Waals surface area contributed by atoms with Crippen LogP contribution < -0.4 is 4.90 Å². The van der Waals surface area contributed by atoms with Gasteiger partial charge in [-0.05, 0) is 83.9 Å². The molecule has 0 unspecified atom stereocenters. The molecular weight excluding hydrogens is 625 g/mol. The summed E-state index contributed by atoms with van der Waals surface area (Å²) in [5.74, 6) is 0.654. The lowest BCUT2D eigenvalue weighted by Gasteiger charge is -2.26. The van der Waals surface area contributed by atoms with E-state index in [0.29, 0.717) is 5.89 Å². The molecule has 0 atom stereocenters. The van der Waals surface area contributed by atoms with Crippen molar-refractivity contribution in [2.45, 2.75) is 0 Å². The van der Waals surface area contributed by atoms with E-state index in [0.717, 1.165) is 33.7 Å². The maximum atomic E-state index is 6.23. The van der Waals surface area contributed by atoms with Crippen LogP contribution in [0.5, 0.6) is 0 Å². The van der Waals surface area contributed by atoms with Crippen molar-refractivity contribution in [3.8, 4) is 22.6 Å². The van der Waals surface area contributed by atoms with Crippen molar-refractivity contribution in [3.05, 3.63) is 158 Å². The molecule has 0 radical (unpaired) electrons. The number of hydrogen-bond donors (Lipinski definition) is 0. The number of hydrogen-bond acceptors (Lipinski definition) is 5. The lowest BCUT2D eigenvalue weighted by molar-refractivity contribution is 0.620. The molecule has 0 N–H and O–H groups in total. The number of benzene rings is 7. The molecular formula is C43H26N2OS2. The Morgan fingerprint density at radius 1 is 0.458 bits per heavy atom. The molecule has 0 aliphatic rings. The van der Waals surface area contributed by atoms with Crippen molar-refractivity contribution >= 4 is 91.2 Å². The molecule has 48 heavy (non-hydrogen) atoms. The van der Waals surface area contributed by atoms with Crippen LogP contribution in [0.2, 0.25) is 0 Å². The van der Waals surface area contributed by atoms with Gasteiger partial charge in [-0.25, -0.2) is 4.98 Å². The fourth-order valence-corrected chi connectivity index (χ4v) is 9.16. The zero-order valence-electron chi connectivity index (χ0n) is 25.6. The molecule has 0 fully saturated rings. The highest BCUT2D eigenvalue weighted by atomic mass is 32.1. The molecule has 226 valence electrons. The summed E-state index contributed by atoms with van der Waals surface area (Å²) in [6.07, 6.45) is 0. The third-order valence-corrected chi connectivity index (χ3v) is 11.5. The first kappa shape index (κ1) is 27.4. The molecule has 0 bridgehead atoms. The summed E-state index contributed by atoms with van der Waals surface area (Å²) >= 11 is 3.67. The van der Waals surface area contributed by atoms with Crippen molar-refractivity contribution in [1.29, 1.82) is 0 Å². The molecule has 3 heterocycles. The van der Waals surface area contributed by atoms with E-state index in [1.807, 2.05) is 53.0 Å². The highest BCUT2D eigenvalue weighted by Gasteiger charge is 2.17. The van der Waals surface area contributed by atoms with Gasteiger partial charge in [-0.2, -0.15) is 0 Å². The van der Waals surface area contributed by atoms with E-state index >= 15 is 0 Å². The molecule has 10 rings (SSSR count). The van der Waals surface area contributed by atoms with Gasteiger partial charge < -0.3 is 9.32 Å². The molecule has 0 aliphatic carbocycles. The summed E-state index contributed by atoms with van der Waals surface area (Å²) < 4.78 is 11.3. The maximum Gasteiger partial charge on any atom is 0.227 e. The highest BCUT2D eigenvalue weighted by molar-refractivity contribution is 7.26. The average molecular weight is 651 g/mol. The van der Waals surface area contributed by atoms with Crippen molar-refractivity contribution in [2.75, 3.05) is 4.90 Å². The zero-order valence-corrected chi connectivity index (χ0v) is 27.3. The summed E-state index contributed by atoms with van der Waals surface area (Å²) in [5, 5.41) is 5.03. The van der Waals surface area contributed by atoms with Gasteiger partial charge in [0.15, 0.2) is 5.58 Å². The quantitative estimate of drug-likeness (QED) is 0.186. The Morgan fingerprint density at radius 3 is 2.00 bits per heavy atom. The first-order valence-corrected chi connectivity index (χ1v) is 17.6. The number of aromatic nitrogens is 1. The summed E-state index contributed by atoms with van der Waals surface area (Å²) in [4.78, 5) is 7.17. The Hall–Kier alpha value is -5.75. The number of rotatable bonds is 5. The number of thiophene rings is 2. The van der Waals surface area contributed by atoms with Crippen LogP contribution in [0.1, 0.15) is 0 Å². The Bertz CT molecular complexity index is 2780. The predicted octanol–water partition coefficient (Wildman–Crippen LogP) is 13.4. The van der Waals surface area contributed by atoms with Crippen LogP contribution in [0, 0.1) is 0 Å². The number of para-hydroxylation sites is 1. The van der Waals surface area contributed by atoms with Gasteiger partial charge in [0.05, 0.1) is 0 Å². The average Bonchev–Trinajstić information content (AvgIpc) is 3.84. The van der Waals surface area contributed by atoms with E-state index in [1.165, 1.54) is 51.5 Å². The summed E-state index contributed by atoms with van der Waals surface area (Å²) in [6, 6.07) is 56.2. The van der Waals surface area contributed by atoms with Crippen molar-refractivity contribution in [1.82, 2.24) is 4.98 Å². The van der Waals surface area contributed by atoms with E-state index in [9.17, 15) is 0 Å². The molecule has 5 heteroatoms.